The van der Waals surface area contributed by atoms with Crippen LogP contribution < -0.4 is 5.32 Å². The lowest BCUT2D eigenvalue weighted by atomic mass is 9.88. The number of hydrogen-bond acceptors (Lipinski definition) is 2. The Kier molecular flexibility index (Phi) is 4.49. The first kappa shape index (κ1) is 11.3. The zero-order valence-corrected chi connectivity index (χ0v) is 9.20. The molecule has 0 radical (unpaired) electrons. The van der Waals surface area contributed by atoms with Crippen molar-refractivity contribution < 1.29 is 0 Å². The van der Waals surface area contributed by atoms with Crippen LogP contribution in [-0.4, -0.2) is 17.8 Å². The summed E-state index contributed by atoms with van der Waals surface area (Å²) in [7, 11) is 0. The number of nitrogens with one attached hydrogen (secondary N) is 1. The summed E-state index contributed by atoms with van der Waals surface area (Å²) in [6.07, 6.45) is 0. The SMILES string of the molecule is CC(S)CN[C@H](C)C(C)(C)C. The fraction of sp³-hybridized carbons (Fsp3) is 1.00. The van der Waals surface area contributed by atoms with Gasteiger partial charge in [0.1, 0.15) is 0 Å². The van der Waals surface area contributed by atoms with Crippen LogP contribution in [0.3, 0.4) is 0 Å². The van der Waals surface area contributed by atoms with Crippen LogP contribution in [0.25, 0.3) is 0 Å². The van der Waals surface area contributed by atoms with Crippen molar-refractivity contribution in [2.45, 2.75) is 45.9 Å². The molecule has 1 unspecified atom stereocenters. The van der Waals surface area contributed by atoms with Gasteiger partial charge >= 0.3 is 0 Å². The van der Waals surface area contributed by atoms with Crippen molar-refractivity contribution in [3.05, 3.63) is 0 Å². The van der Waals surface area contributed by atoms with Crippen LogP contribution in [-0.2, 0) is 0 Å². The molecule has 0 spiro atoms. The Hall–Kier alpha value is 0.310. The van der Waals surface area contributed by atoms with Crippen molar-refractivity contribution in [3.8, 4) is 0 Å². The molecule has 0 amide bonds. The molecule has 1 nitrogen and oxygen atoms in total. The second-order valence-corrected chi connectivity index (χ2v) is 5.23. The summed E-state index contributed by atoms with van der Waals surface area (Å²) in [5.74, 6) is 0. The molecular formula is C9H21NS. The molecule has 0 aromatic rings. The van der Waals surface area contributed by atoms with E-state index in [0.717, 1.165) is 6.54 Å². The molecule has 0 bridgehead atoms. The molecule has 2 atom stereocenters. The van der Waals surface area contributed by atoms with E-state index in [4.69, 9.17) is 0 Å². The third-order valence-corrected chi connectivity index (χ3v) is 2.20. The molecule has 0 rings (SSSR count). The molecule has 0 aliphatic rings. The first-order valence-corrected chi connectivity index (χ1v) is 4.77. The predicted molar refractivity (Wildman–Crippen MR) is 55.4 cm³/mol. The summed E-state index contributed by atoms with van der Waals surface area (Å²) < 4.78 is 0. The van der Waals surface area contributed by atoms with Crippen LogP contribution in [0.1, 0.15) is 34.6 Å². The zero-order chi connectivity index (χ0) is 9.07. The monoisotopic (exact) mass is 175 g/mol. The molecule has 1 N–H and O–H groups in total. The smallest absolute Gasteiger partial charge is 0.0114 e. The van der Waals surface area contributed by atoms with Gasteiger partial charge in [-0.25, -0.2) is 0 Å². The average Bonchev–Trinajstić information content (AvgIpc) is 1.80. The van der Waals surface area contributed by atoms with Crippen LogP contribution in [0, 0.1) is 5.41 Å². The van der Waals surface area contributed by atoms with Crippen molar-refractivity contribution in [1.82, 2.24) is 5.32 Å². The number of hydrogen-bond donors (Lipinski definition) is 2. The Balaban J connectivity index is 3.61. The Labute approximate surface area is 76.4 Å². The standard InChI is InChI=1S/C9H21NS/c1-7(11)6-10-8(2)9(3,4)5/h7-8,10-11H,6H2,1-5H3/t7?,8-/m1/s1. The molecule has 68 valence electrons. The summed E-state index contributed by atoms with van der Waals surface area (Å²) in [4.78, 5) is 0. The molecule has 2 heteroatoms. The largest absolute Gasteiger partial charge is 0.313 e. The molecule has 0 aliphatic heterocycles. The van der Waals surface area contributed by atoms with E-state index < -0.39 is 0 Å². The summed E-state index contributed by atoms with van der Waals surface area (Å²) >= 11 is 4.31. The average molecular weight is 175 g/mol. The van der Waals surface area contributed by atoms with E-state index in [1.807, 2.05) is 0 Å². The molecule has 11 heavy (non-hydrogen) atoms. The predicted octanol–water partition coefficient (Wildman–Crippen LogP) is 2.33. The Bertz CT molecular complexity index is 105. The summed E-state index contributed by atoms with van der Waals surface area (Å²) in [5.41, 5.74) is 0.350. The minimum Gasteiger partial charge on any atom is -0.313 e. The molecule has 0 aromatic heterocycles. The van der Waals surface area contributed by atoms with Gasteiger partial charge in [0.2, 0.25) is 0 Å². The topological polar surface area (TPSA) is 12.0 Å². The van der Waals surface area contributed by atoms with Crippen molar-refractivity contribution in [1.29, 1.82) is 0 Å². The quantitative estimate of drug-likeness (QED) is 0.627. The van der Waals surface area contributed by atoms with Crippen LogP contribution in [0.15, 0.2) is 0 Å². The van der Waals surface area contributed by atoms with Gasteiger partial charge in [0.25, 0.3) is 0 Å². The lowest BCUT2D eigenvalue weighted by Crippen LogP contribution is -2.40. The Morgan fingerprint density at radius 2 is 1.73 bits per heavy atom. The summed E-state index contributed by atoms with van der Waals surface area (Å²) in [6.45, 7) is 12.0. The van der Waals surface area contributed by atoms with Gasteiger partial charge in [-0.1, -0.05) is 27.7 Å². The fourth-order valence-corrected chi connectivity index (χ4v) is 0.759. The highest BCUT2D eigenvalue weighted by atomic mass is 32.1. The summed E-state index contributed by atoms with van der Waals surface area (Å²) in [6, 6.07) is 0.553. The number of thiol groups is 1. The van der Waals surface area contributed by atoms with Gasteiger partial charge in [-0.05, 0) is 12.3 Å². The first-order chi connectivity index (χ1) is 4.84. The van der Waals surface area contributed by atoms with Gasteiger partial charge in [-0.3, -0.25) is 0 Å². The van der Waals surface area contributed by atoms with Crippen LogP contribution in [0.4, 0.5) is 0 Å². The minimum atomic E-state index is 0.350. The maximum absolute atomic E-state index is 4.31. The van der Waals surface area contributed by atoms with E-state index in [1.54, 1.807) is 0 Å². The summed E-state index contributed by atoms with van der Waals surface area (Å²) in [5, 5.41) is 3.89. The van der Waals surface area contributed by atoms with Crippen LogP contribution >= 0.6 is 12.6 Å². The lowest BCUT2D eigenvalue weighted by Gasteiger charge is -2.28. The molecule has 0 saturated heterocycles. The van der Waals surface area contributed by atoms with Gasteiger partial charge in [0, 0.05) is 17.8 Å². The highest BCUT2D eigenvalue weighted by molar-refractivity contribution is 7.80. The minimum absolute atomic E-state index is 0.350. The van der Waals surface area contributed by atoms with Crippen molar-refractivity contribution in [2.75, 3.05) is 6.54 Å². The molecule has 0 fully saturated rings. The molecular weight excluding hydrogens is 154 g/mol. The third kappa shape index (κ3) is 5.57. The van der Waals surface area contributed by atoms with Crippen LogP contribution in [0.2, 0.25) is 0 Å². The maximum Gasteiger partial charge on any atom is 0.0114 e. The molecule has 0 heterocycles. The highest BCUT2D eigenvalue weighted by Gasteiger charge is 2.18. The van der Waals surface area contributed by atoms with Gasteiger partial charge in [0.05, 0.1) is 0 Å². The maximum atomic E-state index is 4.31. The molecule has 0 aromatic carbocycles. The van der Waals surface area contributed by atoms with Crippen molar-refractivity contribution >= 4 is 12.6 Å². The lowest BCUT2D eigenvalue weighted by molar-refractivity contribution is 0.288. The second-order valence-electron chi connectivity index (χ2n) is 4.34. The highest BCUT2D eigenvalue weighted by Crippen LogP contribution is 2.18. The normalized spacial score (nSPS) is 18.0. The van der Waals surface area contributed by atoms with Gasteiger partial charge < -0.3 is 5.32 Å². The van der Waals surface area contributed by atoms with Crippen molar-refractivity contribution in [2.24, 2.45) is 5.41 Å². The van der Waals surface area contributed by atoms with E-state index in [-0.39, 0.29) is 0 Å². The molecule has 0 saturated carbocycles. The van der Waals surface area contributed by atoms with Gasteiger partial charge in [0.15, 0.2) is 0 Å². The first-order valence-electron chi connectivity index (χ1n) is 4.25. The van der Waals surface area contributed by atoms with Gasteiger partial charge in [-0.15, -0.1) is 0 Å². The third-order valence-electron chi connectivity index (χ3n) is 2.02. The molecule has 0 aliphatic carbocycles. The van der Waals surface area contributed by atoms with Gasteiger partial charge in [-0.2, -0.15) is 12.6 Å². The van der Waals surface area contributed by atoms with E-state index in [9.17, 15) is 0 Å². The van der Waals surface area contributed by atoms with Crippen LogP contribution in [0.5, 0.6) is 0 Å². The van der Waals surface area contributed by atoms with E-state index in [1.165, 1.54) is 0 Å². The Morgan fingerprint density at radius 3 is 2.00 bits per heavy atom. The zero-order valence-electron chi connectivity index (χ0n) is 8.31. The van der Waals surface area contributed by atoms with Crippen molar-refractivity contribution in [3.63, 3.8) is 0 Å². The fourth-order valence-electron chi connectivity index (χ4n) is 0.654. The van der Waals surface area contributed by atoms with E-state index >= 15 is 0 Å². The van der Waals surface area contributed by atoms with E-state index in [2.05, 4.69) is 52.6 Å². The second kappa shape index (κ2) is 4.36. The Morgan fingerprint density at radius 1 is 1.27 bits per heavy atom. The van der Waals surface area contributed by atoms with E-state index in [0.29, 0.717) is 16.7 Å². The number of rotatable bonds is 3.